The van der Waals surface area contributed by atoms with E-state index in [1.807, 2.05) is 0 Å². The SMILES string of the molecule is [Fe+3].[Fe+3].[Fe].[Fe].[O-2].[O-2].[O-2]. The predicted octanol–water partition coefficient (Wildman–Crippen LogP) is -0.366. The van der Waals surface area contributed by atoms with Crippen molar-refractivity contribution in [3.8, 4) is 0 Å². The van der Waals surface area contributed by atoms with Gasteiger partial charge in [-0.15, -0.1) is 0 Å². The Morgan fingerprint density at radius 1 is 0.429 bits per heavy atom. The van der Waals surface area contributed by atoms with Crippen molar-refractivity contribution in [3.63, 3.8) is 0 Å². The predicted molar refractivity (Wildman–Crippen MR) is 2.06 cm³/mol. The van der Waals surface area contributed by atoms with E-state index in [9.17, 15) is 0 Å². The van der Waals surface area contributed by atoms with Crippen LogP contribution in [0.15, 0.2) is 0 Å². The zero-order valence-electron chi connectivity index (χ0n) is 2.64. The second kappa shape index (κ2) is 101. The first kappa shape index (κ1) is 148. The average Bonchev–Trinajstić information content (AvgIpc) is 0. The maximum Gasteiger partial charge on any atom is 3.00 e. The minimum Gasteiger partial charge on any atom is -2.00 e. The van der Waals surface area contributed by atoms with Crippen LogP contribution in [0, 0.1) is 0 Å². The van der Waals surface area contributed by atoms with Crippen molar-refractivity contribution < 1.29 is 84.7 Å². The molecule has 0 heterocycles. The van der Waals surface area contributed by atoms with E-state index < -0.39 is 0 Å². The molecule has 7 heteroatoms. The number of hydrogen-bond acceptors (Lipinski definition) is 0. The van der Waals surface area contributed by atoms with E-state index in [1.54, 1.807) is 0 Å². The Balaban J connectivity index is 0. The van der Waals surface area contributed by atoms with Crippen LogP contribution in [-0.2, 0) is 84.7 Å². The summed E-state index contributed by atoms with van der Waals surface area (Å²) < 4.78 is 0. The van der Waals surface area contributed by atoms with Gasteiger partial charge in [0.1, 0.15) is 0 Å². The summed E-state index contributed by atoms with van der Waals surface area (Å²) in [4.78, 5) is 0. The van der Waals surface area contributed by atoms with Crippen LogP contribution in [0.1, 0.15) is 0 Å². The Labute approximate surface area is 84.2 Å². The quantitative estimate of drug-likeness (QED) is 0.539. The largest absolute Gasteiger partial charge is 3.00 e. The molecule has 0 saturated carbocycles. The smallest absolute Gasteiger partial charge is 2.00 e. The van der Waals surface area contributed by atoms with Crippen LogP contribution in [-0.4, -0.2) is 0 Å². The molecule has 0 spiro atoms. The molecule has 50 valence electrons. The normalized spacial score (nSPS) is 0. The van der Waals surface area contributed by atoms with Crippen LogP contribution in [0.25, 0.3) is 0 Å². The Kier molecular flexibility index (Phi) is 2120. The molecule has 0 aromatic carbocycles. The number of hydrogen-bond donors (Lipinski definition) is 0. The van der Waals surface area contributed by atoms with E-state index in [0.717, 1.165) is 0 Å². The van der Waals surface area contributed by atoms with Crippen LogP contribution in [0.5, 0.6) is 0 Å². The van der Waals surface area contributed by atoms with Gasteiger partial charge in [0.05, 0.1) is 0 Å². The monoisotopic (exact) mass is 272 g/mol. The van der Waals surface area contributed by atoms with E-state index in [0.29, 0.717) is 0 Å². The fourth-order valence-electron chi connectivity index (χ4n) is 0. The molecule has 0 unspecified atom stereocenters. The molecule has 2 radical (unpaired) electrons. The van der Waals surface area contributed by atoms with Crippen LogP contribution in [0.2, 0.25) is 0 Å². The van der Waals surface area contributed by atoms with Gasteiger partial charge in [-0.1, -0.05) is 0 Å². The summed E-state index contributed by atoms with van der Waals surface area (Å²) in [5.41, 5.74) is 0. The van der Waals surface area contributed by atoms with E-state index in [1.165, 1.54) is 0 Å². The maximum absolute atomic E-state index is 0. The van der Waals surface area contributed by atoms with Gasteiger partial charge >= 0.3 is 34.1 Å². The van der Waals surface area contributed by atoms with Crippen LogP contribution in [0.4, 0.5) is 0 Å². The standard InChI is InChI=1S/4Fe.3O/q;;2*+3;3*-2. The number of rotatable bonds is 0. The van der Waals surface area contributed by atoms with Gasteiger partial charge in [0.15, 0.2) is 0 Å². The van der Waals surface area contributed by atoms with E-state index >= 15 is 0 Å². The van der Waals surface area contributed by atoms with Crippen LogP contribution >= 0.6 is 0 Å². The fraction of sp³-hybridized carbons (Fsp3) is 0. The van der Waals surface area contributed by atoms with Crippen molar-refractivity contribution in [3.05, 3.63) is 0 Å². The molecular weight excluding hydrogens is 271 g/mol. The molecule has 0 bridgehead atoms. The molecule has 0 aromatic heterocycles. The fourth-order valence-corrected chi connectivity index (χ4v) is 0. The van der Waals surface area contributed by atoms with E-state index in [4.69, 9.17) is 0 Å². The topological polar surface area (TPSA) is 85.5 Å². The summed E-state index contributed by atoms with van der Waals surface area (Å²) in [7, 11) is 0. The van der Waals surface area contributed by atoms with Crippen molar-refractivity contribution in [1.82, 2.24) is 0 Å². The molecule has 0 saturated heterocycles. The zero-order valence-corrected chi connectivity index (χ0v) is 7.06. The van der Waals surface area contributed by atoms with Gasteiger partial charge in [0, 0.05) is 34.1 Å². The van der Waals surface area contributed by atoms with E-state index in [2.05, 4.69) is 0 Å². The van der Waals surface area contributed by atoms with Crippen molar-refractivity contribution in [1.29, 1.82) is 0 Å². The first-order valence-electron chi connectivity index (χ1n) is 0. The summed E-state index contributed by atoms with van der Waals surface area (Å²) in [5, 5.41) is 0. The Morgan fingerprint density at radius 3 is 0.429 bits per heavy atom. The molecule has 0 N–H and O–H groups in total. The van der Waals surface area contributed by atoms with Crippen LogP contribution in [0.3, 0.4) is 0 Å². The maximum atomic E-state index is 0. The van der Waals surface area contributed by atoms with Crippen molar-refractivity contribution >= 4 is 0 Å². The van der Waals surface area contributed by atoms with Gasteiger partial charge in [-0.2, -0.15) is 0 Å². The Hall–Kier alpha value is 1.96. The molecule has 7 heavy (non-hydrogen) atoms. The van der Waals surface area contributed by atoms with Gasteiger partial charge in [-0.3, -0.25) is 0 Å². The third-order valence-corrected chi connectivity index (χ3v) is 0. The van der Waals surface area contributed by atoms with Crippen molar-refractivity contribution in [2.75, 3.05) is 0 Å². The molecule has 0 atom stereocenters. The third-order valence-electron chi connectivity index (χ3n) is 0. The minimum absolute atomic E-state index is 0. The van der Waals surface area contributed by atoms with Gasteiger partial charge in [0.25, 0.3) is 0 Å². The first-order chi connectivity index (χ1) is 0. The summed E-state index contributed by atoms with van der Waals surface area (Å²) >= 11 is 0. The average molecular weight is 271 g/mol. The van der Waals surface area contributed by atoms with E-state index in [-0.39, 0.29) is 84.7 Å². The van der Waals surface area contributed by atoms with Gasteiger partial charge in [-0.25, -0.2) is 0 Å². The minimum atomic E-state index is 0. The zero-order chi connectivity index (χ0) is 0. The molecule has 0 amide bonds. The van der Waals surface area contributed by atoms with Crippen LogP contribution < -0.4 is 0 Å². The summed E-state index contributed by atoms with van der Waals surface area (Å²) in [6.07, 6.45) is 0. The molecule has 3 nitrogen and oxygen atoms in total. The molecule has 0 rings (SSSR count). The van der Waals surface area contributed by atoms with Gasteiger partial charge in [0.2, 0.25) is 0 Å². The first-order valence-corrected chi connectivity index (χ1v) is 0. The summed E-state index contributed by atoms with van der Waals surface area (Å²) in [6.45, 7) is 0. The molecule has 0 fully saturated rings. The second-order valence-corrected chi connectivity index (χ2v) is 0. The molecular formula is Fe4O3. The molecule has 0 aliphatic rings. The second-order valence-electron chi connectivity index (χ2n) is 0. The third kappa shape index (κ3) is 73.7. The van der Waals surface area contributed by atoms with Crippen molar-refractivity contribution in [2.45, 2.75) is 0 Å². The summed E-state index contributed by atoms with van der Waals surface area (Å²) in [5.74, 6) is 0. The van der Waals surface area contributed by atoms with Gasteiger partial charge < -0.3 is 16.4 Å². The summed E-state index contributed by atoms with van der Waals surface area (Å²) in [6, 6.07) is 0. The molecule has 0 aromatic rings. The van der Waals surface area contributed by atoms with Crippen molar-refractivity contribution in [2.24, 2.45) is 0 Å². The van der Waals surface area contributed by atoms with Gasteiger partial charge in [-0.05, 0) is 0 Å². The molecule has 0 aliphatic heterocycles. The molecule has 0 aliphatic carbocycles. The Bertz CT molecular complexity index is 6.90. The Morgan fingerprint density at radius 2 is 0.429 bits per heavy atom.